The molecule has 0 aliphatic carbocycles. The van der Waals surface area contributed by atoms with Crippen molar-refractivity contribution in [2.75, 3.05) is 0 Å². The van der Waals surface area contributed by atoms with Crippen molar-refractivity contribution in [1.82, 2.24) is 9.97 Å². The van der Waals surface area contributed by atoms with E-state index < -0.39 is 48.7 Å². The summed E-state index contributed by atoms with van der Waals surface area (Å²) >= 11 is 0. The van der Waals surface area contributed by atoms with Crippen LogP contribution in [0.5, 0.6) is 0 Å². The summed E-state index contributed by atoms with van der Waals surface area (Å²) in [6.45, 7) is 5.95. The van der Waals surface area contributed by atoms with Crippen LogP contribution < -0.4 is 5.69 Å². The number of alkyl halides is 1. The van der Waals surface area contributed by atoms with E-state index in [2.05, 4.69) is 15.9 Å². The highest BCUT2D eigenvalue weighted by atomic mass is 31.2. The Hall–Kier alpha value is -1.60. The molecule has 1 fully saturated rings. The third kappa shape index (κ3) is 4.83. The molecule has 168 valence electrons. The number of H-pyrrole nitrogens is 1. The molecule has 1 aromatic rings. The van der Waals surface area contributed by atoms with Crippen molar-refractivity contribution in [3.63, 3.8) is 0 Å². The lowest BCUT2D eigenvalue weighted by atomic mass is 9.92. The molecule has 0 amide bonds. The van der Waals surface area contributed by atoms with Gasteiger partial charge in [0.15, 0.2) is 11.5 Å². The standard InChI is InChI=1S/C19H28FN2O7P/c1-6-12-11(10-21-17(24)22-12)16-14(20)15(23)13(28-16)9-18(4,7-2)29-30(26,27)19(5,25)8-3/h1,10,13-16,23,25H,7-9H2,2-5H3,(H,26,27)(H,21,22,24)/t13-,14+,15?,16+,18?,19?/m1/s1. The van der Waals surface area contributed by atoms with Gasteiger partial charge in [-0.3, -0.25) is 9.55 Å². The SMILES string of the molecule is C#Cc1[nH]c(=O)ncc1[C@@H]1O[C@H](CC(C)(CC)OP(=O)(O)C(C)(O)CC)C(O)[C@@H]1F. The molecule has 9 nitrogen and oxygen atoms in total. The van der Waals surface area contributed by atoms with E-state index in [1.165, 1.54) is 13.8 Å². The van der Waals surface area contributed by atoms with E-state index in [1.54, 1.807) is 13.8 Å². The average molecular weight is 446 g/mol. The van der Waals surface area contributed by atoms with Crippen LogP contribution in [0.4, 0.5) is 4.39 Å². The Morgan fingerprint density at radius 3 is 2.60 bits per heavy atom. The van der Waals surface area contributed by atoms with Gasteiger partial charge in [-0.15, -0.1) is 6.42 Å². The molecule has 4 unspecified atom stereocenters. The molecular weight excluding hydrogens is 418 g/mol. The van der Waals surface area contributed by atoms with Crippen molar-refractivity contribution in [3.05, 3.63) is 27.9 Å². The van der Waals surface area contributed by atoms with Crippen LogP contribution in [0, 0.1) is 12.3 Å². The number of hydrogen-bond acceptors (Lipinski definition) is 7. The summed E-state index contributed by atoms with van der Waals surface area (Å²) in [5.74, 6) is 2.23. The Morgan fingerprint density at radius 2 is 2.07 bits per heavy atom. The van der Waals surface area contributed by atoms with Crippen molar-refractivity contribution in [2.45, 2.75) is 82.4 Å². The van der Waals surface area contributed by atoms with E-state index in [0.717, 1.165) is 6.20 Å². The summed E-state index contributed by atoms with van der Waals surface area (Å²) in [4.78, 5) is 27.5. The number of nitrogens with one attached hydrogen (secondary N) is 1. The van der Waals surface area contributed by atoms with E-state index >= 15 is 0 Å². The molecule has 30 heavy (non-hydrogen) atoms. The number of aliphatic hydroxyl groups excluding tert-OH is 1. The van der Waals surface area contributed by atoms with Gasteiger partial charge in [0.25, 0.3) is 0 Å². The fraction of sp³-hybridized carbons (Fsp3) is 0.684. The molecule has 1 saturated heterocycles. The molecule has 1 aliphatic heterocycles. The number of halogens is 1. The Labute approximate surface area is 174 Å². The molecular formula is C19H28FN2O7P. The van der Waals surface area contributed by atoms with Gasteiger partial charge in [-0.1, -0.05) is 19.8 Å². The fourth-order valence-corrected chi connectivity index (χ4v) is 4.55. The fourth-order valence-electron chi connectivity index (χ4n) is 3.15. The van der Waals surface area contributed by atoms with Gasteiger partial charge in [0.2, 0.25) is 0 Å². The summed E-state index contributed by atoms with van der Waals surface area (Å²) < 4.78 is 38.6. The smallest absolute Gasteiger partial charge is 0.359 e. The number of ether oxygens (including phenoxy) is 1. The van der Waals surface area contributed by atoms with Gasteiger partial charge in [-0.2, -0.15) is 0 Å². The van der Waals surface area contributed by atoms with Crippen LogP contribution in [0.1, 0.15) is 64.3 Å². The van der Waals surface area contributed by atoms with Gasteiger partial charge in [0, 0.05) is 18.2 Å². The topological polar surface area (TPSA) is 142 Å². The second-order valence-electron chi connectivity index (χ2n) is 7.88. The summed E-state index contributed by atoms with van der Waals surface area (Å²) in [5, 5.41) is 18.6. The third-order valence-corrected chi connectivity index (χ3v) is 7.84. The Bertz CT molecular complexity index is 915. The van der Waals surface area contributed by atoms with Crippen LogP contribution in [0.2, 0.25) is 0 Å². The molecule has 1 aromatic heterocycles. The Kier molecular flexibility index (Phi) is 7.29. The number of hydrogen-bond donors (Lipinski definition) is 4. The van der Waals surface area contributed by atoms with E-state index in [0.29, 0.717) is 0 Å². The zero-order chi connectivity index (χ0) is 22.9. The minimum Gasteiger partial charge on any atom is -0.387 e. The molecule has 0 spiro atoms. The lowest BCUT2D eigenvalue weighted by Gasteiger charge is -2.37. The summed E-state index contributed by atoms with van der Waals surface area (Å²) in [5.41, 5.74) is -1.91. The minimum atomic E-state index is -4.47. The number of terminal acetylenes is 1. The third-order valence-electron chi connectivity index (χ3n) is 5.61. The molecule has 7 atom stereocenters. The maximum absolute atomic E-state index is 14.8. The maximum Gasteiger partial charge on any atom is 0.359 e. The number of nitrogens with zero attached hydrogens (tertiary/aromatic N) is 1. The predicted molar refractivity (Wildman–Crippen MR) is 106 cm³/mol. The molecule has 0 radical (unpaired) electrons. The van der Waals surface area contributed by atoms with Gasteiger partial charge >= 0.3 is 13.3 Å². The van der Waals surface area contributed by atoms with Crippen LogP contribution in [0.3, 0.4) is 0 Å². The quantitative estimate of drug-likeness (QED) is 0.350. The molecule has 11 heteroatoms. The molecule has 4 N–H and O–H groups in total. The first-order valence-corrected chi connectivity index (χ1v) is 11.2. The van der Waals surface area contributed by atoms with Crippen LogP contribution >= 0.6 is 7.60 Å². The minimum absolute atomic E-state index is 0.0103. The van der Waals surface area contributed by atoms with Crippen LogP contribution in [0.15, 0.2) is 11.0 Å². The molecule has 2 heterocycles. The highest BCUT2D eigenvalue weighted by molar-refractivity contribution is 7.54. The highest BCUT2D eigenvalue weighted by Crippen LogP contribution is 2.59. The van der Waals surface area contributed by atoms with E-state index in [-0.39, 0.29) is 30.5 Å². The molecule has 0 aromatic carbocycles. The van der Waals surface area contributed by atoms with Crippen LogP contribution in [0.25, 0.3) is 0 Å². The zero-order valence-electron chi connectivity index (χ0n) is 17.3. The monoisotopic (exact) mass is 446 g/mol. The number of aromatic amines is 1. The number of aromatic nitrogens is 2. The normalized spacial score (nSPS) is 30.1. The van der Waals surface area contributed by atoms with Crippen LogP contribution in [-0.2, 0) is 13.8 Å². The second kappa shape index (κ2) is 8.87. The number of rotatable bonds is 8. The molecule has 1 aliphatic rings. The largest absolute Gasteiger partial charge is 0.387 e. The van der Waals surface area contributed by atoms with E-state index in [1.807, 2.05) is 0 Å². The summed E-state index contributed by atoms with van der Waals surface area (Å²) in [6, 6.07) is 0. The maximum atomic E-state index is 14.8. The molecule has 0 saturated carbocycles. The number of aliphatic hydroxyl groups is 2. The van der Waals surface area contributed by atoms with Crippen molar-refractivity contribution >= 4 is 7.60 Å². The lowest BCUT2D eigenvalue weighted by molar-refractivity contribution is -0.0532. The van der Waals surface area contributed by atoms with Crippen molar-refractivity contribution in [2.24, 2.45) is 0 Å². The Balaban J connectivity index is 2.27. The lowest BCUT2D eigenvalue weighted by Crippen LogP contribution is -2.39. The molecule has 2 rings (SSSR count). The van der Waals surface area contributed by atoms with Gasteiger partial charge < -0.3 is 24.4 Å². The van der Waals surface area contributed by atoms with Crippen molar-refractivity contribution in [3.8, 4) is 12.3 Å². The van der Waals surface area contributed by atoms with Gasteiger partial charge in [0.05, 0.1) is 11.7 Å². The summed E-state index contributed by atoms with van der Waals surface area (Å²) in [7, 11) is -4.47. The first-order valence-electron chi connectivity index (χ1n) is 9.60. The first-order chi connectivity index (χ1) is 13.8. The Morgan fingerprint density at radius 1 is 1.43 bits per heavy atom. The van der Waals surface area contributed by atoms with Gasteiger partial charge in [-0.25, -0.2) is 14.2 Å². The second-order valence-corrected chi connectivity index (χ2v) is 10.1. The van der Waals surface area contributed by atoms with Crippen molar-refractivity contribution in [1.29, 1.82) is 0 Å². The van der Waals surface area contributed by atoms with E-state index in [9.17, 15) is 28.9 Å². The predicted octanol–water partition coefficient (Wildman–Crippen LogP) is 1.77. The van der Waals surface area contributed by atoms with Gasteiger partial charge in [-0.05, 0) is 26.7 Å². The van der Waals surface area contributed by atoms with Crippen LogP contribution in [-0.4, -0.2) is 54.4 Å². The first kappa shape index (κ1) is 24.7. The van der Waals surface area contributed by atoms with Crippen molar-refractivity contribution < 1.29 is 33.3 Å². The summed E-state index contributed by atoms with van der Waals surface area (Å²) in [6.07, 6.45) is 0.677. The van der Waals surface area contributed by atoms with Gasteiger partial charge in [0.1, 0.15) is 17.9 Å². The average Bonchev–Trinajstić information content (AvgIpc) is 2.95. The zero-order valence-corrected chi connectivity index (χ0v) is 18.2. The van der Waals surface area contributed by atoms with E-state index in [4.69, 9.17) is 15.7 Å². The molecule has 0 bridgehead atoms. The highest BCUT2D eigenvalue weighted by Gasteiger charge is 2.51.